The van der Waals surface area contributed by atoms with Crippen molar-refractivity contribution in [1.82, 2.24) is 0 Å². The summed E-state index contributed by atoms with van der Waals surface area (Å²) in [6, 6.07) is 40.9. The van der Waals surface area contributed by atoms with Gasteiger partial charge in [-0.05, 0) is 287 Å². The Morgan fingerprint density at radius 2 is 0.632 bits per heavy atom. The van der Waals surface area contributed by atoms with Crippen molar-refractivity contribution in [2.45, 2.75) is 312 Å². The zero-order valence-electron chi connectivity index (χ0n) is 65.9. The molecule has 3 aliphatic heterocycles. The standard InChI is InChI=1S/2C24H34O2S.C19H26OS.C13H21BrS.C11H15BO4/c2*1-3-4-5-6-7-8-11-21-18-19(2)27-24(21)20-13-15-22(16-14-20)26-23-12-9-10-17-25-23;1-3-4-5-6-7-8-9-17-14-15(2)21-19(17)16-10-12-18(20)13-11-16;1-3-4-5-6-7-8-9-12-10-11(2)15-13(12)14;13-12(14)9-4-6-10(7-5-9)16-11-3-1-2-8-15-11/h2*13-16,18,23H,3-12,17H2,1-2H3;10-14,20H,3-9H2,1-2H3;10H,3-9H2,1-2H3;4-7,11,13-14H,1-3,8H2. The fourth-order valence-electron chi connectivity index (χ4n) is 13.7. The van der Waals surface area contributed by atoms with Gasteiger partial charge in [-0.25, -0.2) is 0 Å². The van der Waals surface area contributed by atoms with Gasteiger partial charge in [0.2, 0.25) is 0 Å². The van der Waals surface area contributed by atoms with Crippen LogP contribution in [0.2, 0.25) is 0 Å². The topological polar surface area (TPSA) is 116 Å². The minimum Gasteiger partial charge on any atom is -0.508 e. The number of hydrogen-bond acceptors (Lipinski definition) is 13. The molecule has 7 heterocycles. The maximum atomic E-state index is 9.43. The van der Waals surface area contributed by atoms with E-state index in [0.29, 0.717) is 17.0 Å². The van der Waals surface area contributed by atoms with Crippen LogP contribution in [0.3, 0.4) is 0 Å². The Labute approximate surface area is 665 Å². The largest absolute Gasteiger partial charge is 0.508 e. The van der Waals surface area contributed by atoms with Crippen molar-refractivity contribution in [3.05, 3.63) is 167 Å². The molecule has 15 heteroatoms. The van der Waals surface area contributed by atoms with Crippen LogP contribution in [-0.4, -0.2) is 61.0 Å². The van der Waals surface area contributed by atoms with Gasteiger partial charge in [0.15, 0.2) is 18.9 Å². The van der Waals surface area contributed by atoms with Gasteiger partial charge >= 0.3 is 7.12 Å². The summed E-state index contributed by atoms with van der Waals surface area (Å²) in [5.74, 6) is 2.86. The maximum Gasteiger partial charge on any atom is 0.488 e. The lowest BCUT2D eigenvalue weighted by atomic mass is 9.80. The molecule has 3 atom stereocenters. The second-order valence-electron chi connectivity index (χ2n) is 29.1. The molecule has 0 amide bonds. The molecule has 106 heavy (non-hydrogen) atoms. The first-order valence-corrected chi connectivity index (χ1v) is 45.1. The van der Waals surface area contributed by atoms with Crippen molar-refractivity contribution in [3.63, 3.8) is 0 Å². The third-order valence-corrected chi connectivity index (χ3v) is 24.9. The second kappa shape index (κ2) is 52.4. The molecule has 582 valence electrons. The number of ether oxygens (including phenoxy) is 6. The van der Waals surface area contributed by atoms with E-state index in [1.54, 1.807) is 36.4 Å². The van der Waals surface area contributed by atoms with Crippen molar-refractivity contribution in [2.75, 3.05) is 19.8 Å². The van der Waals surface area contributed by atoms with E-state index in [1.165, 1.54) is 269 Å². The Bertz CT molecular complexity index is 3420. The number of unbranched alkanes of at least 4 members (excludes halogenated alkanes) is 20. The first kappa shape index (κ1) is 88.4. The molecule has 4 aromatic carbocycles. The van der Waals surface area contributed by atoms with Crippen molar-refractivity contribution in [1.29, 1.82) is 0 Å². The van der Waals surface area contributed by atoms with Gasteiger partial charge in [0.05, 0.1) is 23.6 Å². The third-order valence-electron chi connectivity index (χ3n) is 19.6. The normalized spacial score (nSPS) is 15.6. The fraction of sp³-hybridized carbons (Fsp3) is 0.560. The molecule has 0 radical (unpaired) electrons. The molecule has 0 saturated carbocycles. The van der Waals surface area contributed by atoms with Gasteiger partial charge in [0, 0.05) is 53.4 Å². The van der Waals surface area contributed by atoms with Crippen molar-refractivity contribution in [3.8, 4) is 54.3 Å². The van der Waals surface area contributed by atoms with Crippen LogP contribution in [0.25, 0.3) is 31.3 Å². The number of benzene rings is 4. The molecule has 0 bridgehead atoms. The van der Waals surface area contributed by atoms with Crippen LogP contribution < -0.4 is 19.7 Å². The molecular formula is C91H130BBrO9S4. The van der Waals surface area contributed by atoms with Crippen molar-refractivity contribution < 1.29 is 43.6 Å². The van der Waals surface area contributed by atoms with Crippen molar-refractivity contribution in [2.24, 2.45) is 0 Å². The van der Waals surface area contributed by atoms with E-state index in [9.17, 15) is 5.11 Å². The summed E-state index contributed by atoms with van der Waals surface area (Å²) < 4.78 is 35.7. The van der Waals surface area contributed by atoms with Gasteiger partial charge in [0.25, 0.3) is 0 Å². The summed E-state index contributed by atoms with van der Waals surface area (Å²) in [4.78, 5) is 9.84. The van der Waals surface area contributed by atoms with E-state index < -0.39 is 7.12 Å². The predicted molar refractivity (Wildman–Crippen MR) is 459 cm³/mol. The summed E-state index contributed by atoms with van der Waals surface area (Å²) in [5, 5.41) is 27.3. The highest BCUT2D eigenvalue weighted by atomic mass is 79.9. The van der Waals surface area contributed by atoms with Gasteiger partial charge in [-0.2, -0.15) is 0 Å². The van der Waals surface area contributed by atoms with Crippen LogP contribution in [0, 0.1) is 27.7 Å². The number of hydrogen-bond donors (Lipinski definition) is 3. The van der Waals surface area contributed by atoms with E-state index in [0.717, 1.165) is 76.3 Å². The van der Waals surface area contributed by atoms with Crippen LogP contribution in [0.1, 0.15) is 281 Å². The lowest BCUT2D eigenvalue weighted by Gasteiger charge is -2.23. The average molecular weight is 1590 g/mol. The van der Waals surface area contributed by atoms with Crippen molar-refractivity contribution >= 4 is 73.9 Å². The smallest absolute Gasteiger partial charge is 0.488 e. The molecule has 0 spiro atoms. The summed E-state index contributed by atoms with van der Waals surface area (Å²) in [6.07, 6.45) is 46.9. The molecule has 3 unspecified atom stereocenters. The highest BCUT2D eigenvalue weighted by Crippen LogP contribution is 2.39. The molecule has 9 nitrogen and oxygen atoms in total. The van der Waals surface area contributed by atoms with E-state index in [1.807, 2.05) is 57.5 Å². The quantitative estimate of drug-likeness (QED) is 0.0257. The van der Waals surface area contributed by atoms with Crippen LogP contribution >= 0.6 is 61.3 Å². The van der Waals surface area contributed by atoms with E-state index >= 15 is 0 Å². The molecule has 11 rings (SSSR count). The number of rotatable bonds is 38. The molecule has 3 fully saturated rings. The van der Waals surface area contributed by atoms with Gasteiger partial charge in [-0.15, -0.1) is 45.3 Å². The van der Waals surface area contributed by atoms with E-state index in [-0.39, 0.29) is 18.9 Å². The Morgan fingerprint density at radius 1 is 0.358 bits per heavy atom. The summed E-state index contributed by atoms with van der Waals surface area (Å²) in [7, 11) is -1.43. The molecule has 8 aromatic rings. The predicted octanol–water partition coefficient (Wildman–Crippen LogP) is 27.4. The van der Waals surface area contributed by atoms with Gasteiger partial charge < -0.3 is 43.6 Å². The van der Waals surface area contributed by atoms with Crippen LogP contribution in [0.4, 0.5) is 0 Å². The zero-order valence-corrected chi connectivity index (χ0v) is 70.8. The maximum absolute atomic E-state index is 9.43. The van der Waals surface area contributed by atoms with Crippen LogP contribution in [0.5, 0.6) is 23.0 Å². The number of aromatic hydroxyl groups is 1. The van der Waals surface area contributed by atoms with Gasteiger partial charge in [0.1, 0.15) is 23.0 Å². The number of aryl methyl sites for hydroxylation is 8. The molecule has 3 saturated heterocycles. The monoisotopic (exact) mass is 1580 g/mol. The summed E-state index contributed by atoms with van der Waals surface area (Å²) >= 11 is 11.2. The van der Waals surface area contributed by atoms with Crippen LogP contribution in [-0.2, 0) is 39.9 Å². The highest BCUT2D eigenvalue weighted by molar-refractivity contribution is 9.11. The zero-order chi connectivity index (χ0) is 75.4. The van der Waals surface area contributed by atoms with Gasteiger partial charge in [-0.1, -0.05) is 168 Å². The number of phenols is 1. The number of halogens is 1. The van der Waals surface area contributed by atoms with E-state index in [4.69, 9.17) is 38.5 Å². The first-order chi connectivity index (χ1) is 51.7. The minimum absolute atomic E-state index is 0.0724. The Hall–Kier alpha value is -4.78. The first-order valence-electron chi connectivity index (χ1n) is 41.1. The second-order valence-corrected chi connectivity index (χ2v) is 35.5. The molecular weight excluding hydrogens is 1460 g/mol. The third kappa shape index (κ3) is 34.2. The Balaban J connectivity index is 0.000000189. The number of phenolic OH excluding ortho intramolecular Hbond substituents is 1. The molecule has 3 N–H and O–H groups in total. The summed E-state index contributed by atoms with van der Waals surface area (Å²) in [6.45, 7) is 20.3. The Kier molecular flexibility index (Phi) is 43.7. The van der Waals surface area contributed by atoms with Crippen LogP contribution in [0.15, 0.2) is 125 Å². The Morgan fingerprint density at radius 3 is 0.915 bits per heavy atom. The SMILES string of the molecule is CCCCCCCCc1cc(C)sc1-c1ccc(O)cc1.CCCCCCCCc1cc(C)sc1-c1ccc(OC2CCCCO2)cc1.CCCCCCCCc1cc(C)sc1-c1ccc(OC2CCCCO2)cc1.CCCCCCCCc1cc(C)sc1Br.OB(O)c1ccc(OC2CCCCO2)cc1. The average Bonchev–Trinajstić information content (AvgIpc) is 1.69. The molecule has 0 aliphatic carbocycles. The minimum atomic E-state index is -1.43. The highest BCUT2D eigenvalue weighted by Gasteiger charge is 2.20. The lowest BCUT2D eigenvalue weighted by Crippen LogP contribution is -2.29. The fourth-order valence-corrected chi connectivity index (χ4v) is 18.7. The number of thiophene rings is 4. The van der Waals surface area contributed by atoms with E-state index in [2.05, 4.69) is 144 Å². The lowest BCUT2D eigenvalue weighted by molar-refractivity contribution is -0.106. The molecule has 4 aromatic heterocycles. The summed E-state index contributed by atoms with van der Waals surface area (Å²) in [5.41, 5.74) is 10.3. The van der Waals surface area contributed by atoms with Gasteiger partial charge in [-0.3, -0.25) is 0 Å². The molecule has 3 aliphatic rings.